The van der Waals surface area contributed by atoms with Crippen LogP contribution in [0.1, 0.15) is 35.1 Å². The van der Waals surface area contributed by atoms with Crippen molar-refractivity contribution < 1.29 is 9.21 Å². The summed E-state index contributed by atoms with van der Waals surface area (Å²) < 4.78 is 7.07. The van der Waals surface area contributed by atoms with E-state index in [4.69, 9.17) is 9.40 Å². The van der Waals surface area contributed by atoms with E-state index in [2.05, 4.69) is 57.2 Å². The molecule has 32 heavy (non-hydrogen) atoms. The molecular formula is C26H24BrN3O2. The van der Waals surface area contributed by atoms with Crippen LogP contribution in [0, 0.1) is 0 Å². The Kier molecular flexibility index (Phi) is 5.47. The van der Waals surface area contributed by atoms with Crippen molar-refractivity contribution >= 4 is 38.6 Å². The molecule has 1 fully saturated rings. The molecule has 6 heteroatoms. The van der Waals surface area contributed by atoms with Crippen molar-refractivity contribution in [3.05, 3.63) is 82.7 Å². The molecule has 4 aromatic rings. The fourth-order valence-corrected chi connectivity index (χ4v) is 4.51. The summed E-state index contributed by atoms with van der Waals surface area (Å²) in [5, 5.41) is 0. The maximum atomic E-state index is 13.1. The summed E-state index contributed by atoms with van der Waals surface area (Å²) in [7, 11) is 4.07. The van der Waals surface area contributed by atoms with Gasteiger partial charge in [0.1, 0.15) is 11.6 Å². The second kappa shape index (κ2) is 8.43. The predicted molar refractivity (Wildman–Crippen MR) is 131 cm³/mol. The Morgan fingerprint density at radius 2 is 1.75 bits per heavy atom. The lowest BCUT2D eigenvalue weighted by Crippen LogP contribution is -2.30. The van der Waals surface area contributed by atoms with Crippen LogP contribution in [0.25, 0.3) is 22.2 Å². The predicted octanol–water partition coefficient (Wildman–Crippen LogP) is 6.30. The van der Waals surface area contributed by atoms with E-state index in [0.29, 0.717) is 18.0 Å². The number of hydrogen-bond acceptors (Lipinski definition) is 4. The maximum Gasteiger partial charge on any atom is 0.254 e. The Morgan fingerprint density at radius 3 is 2.47 bits per heavy atom. The summed E-state index contributed by atoms with van der Waals surface area (Å²) in [5.41, 5.74) is 5.63. The van der Waals surface area contributed by atoms with Gasteiger partial charge in [-0.1, -0.05) is 34.1 Å². The summed E-state index contributed by atoms with van der Waals surface area (Å²) >= 11 is 3.43. The van der Waals surface area contributed by atoms with Crippen LogP contribution in [0.5, 0.6) is 0 Å². The monoisotopic (exact) mass is 489 g/mol. The Balaban J connectivity index is 1.42. The normalized spacial score (nSPS) is 16.0. The van der Waals surface area contributed by atoms with Crippen molar-refractivity contribution in [1.29, 1.82) is 0 Å². The minimum atomic E-state index is -0.138. The fourth-order valence-electron chi connectivity index (χ4n) is 4.24. The van der Waals surface area contributed by atoms with Crippen LogP contribution >= 0.6 is 15.9 Å². The van der Waals surface area contributed by atoms with Crippen molar-refractivity contribution in [3.8, 4) is 11.1 Å². The molecule has 1 aromatic heterocycles. The van der Waals surface area contributed by atoms with Gasteiger partial charge in [-0.15, -0.1) is 0 Å². The number of benzene rings is 3. The van der Waals surface area contributed by atoms with E-state index in [1.54, 1.807) is 0 Å². The van der Waals surface area contributed by atoms with E-state index < -0.39 is 0 Å². The average Bonchev–Trinajstić information content (AvgIpc) is 3.45. The smallest absolute Gasteiger partial charge is 0.254 e. The molecule has 162 valence electrons. The number of oxazole rings is 1. The zero-order valence-electron chi connectivity index (χ0n) is 18.1. The maximum absolute atomic E-state index is 13.1. The molecule has 1 aliphatic rings. The Morgan fingerprint density at radius 1 is 1.03 bits per heavy atom. The second-order valence-electron chi connectivity index (χ2n) is 8.34. The van der Waals surface area contributed by atoms with Crippen molar-refractivity contribution in [1.82, 2.24) is 9.88 Å². The molecule has 5 nitrogen and oxygen atoms in total. The van der Waals surface area contributed by atoms with Crippen LogP contribution in [0.3, 0.4) is 0 Å². The lowest BCUT2D eigenvalue weighted by Gasteiger charge is -2.22. The SMILES string of the molecule is CN(C)c1ccc(-c2ccc3oc(C4CCCN4C(=O)c4ccc(Br)cc4)nc3c2)cc1. The van der Waals surface area contributed by atoms with Gasteiger partial charge < -0.3 is 14.2 Å². The molecule has 5 rings (SSSR count). The van der Waals surface area contributed by atoms with Gasteiger partial charge >= 0.3 is 0 Å². The van der Waals surface area contributed by atoms with Crippen LogP contribution in [-0.4, -0.2) is 36.4 Å². The third kappa shape index (κ3) is 3.91. The van der Waals surface area contributed by atoms with Crippen LogP contribution < -0.4 is 4.90 Å². The average molecular weight is 490 g/mol. The lowest BCUT2D eigenvalue weighted by atomic mass is 10.0. The molecule has 0 N–H and O–H groups in total. The van der Waals surface area contributed by atoms with E-state index in [9.17, 15) is 4.79 Å². The summed E-state index contributed by atoms with van der Waals surface area (Å²) in [4.78, 5) is 21.9. The zero-order valence-corrected chi connectivity index (χ0v) is 19.7. The van der Waals surface area contributed by atoms with Crippen LogP contribution in [-0.2, 0) is 0 Å². The third-order valence-electron chi connectivity index (χ3n) is 6.01. The minimum Gasteiger partial charge on any atom is -0.438 e. The van der Waals surface area contributed by atoms with Gasteiger partial charge in [0.25, 0.3) is 5.91 Å². The molecule has 3 aromatic carbocycles. The highest BCUT2D eigenvalue weighted by Crippen LogP contribution is 2.35. The van der Waals surface area contributed by atoms with E-state index in [0.717, 1.165) is 45.2 Å². The van der Waals surface area contributed by atoms with E-state index in [1.165, 1.54) is 0 Å². The minimum absolute atomic E-state index is 0.0175. The fraction of sp³-hybridized carbons (Fsp3) is 0.231. The second-order valence-corrected chi connectivity index (χ2v) is 9.26. The summed E-state index contributed by atoms with van der Waals surface area (Å²) in [6.45, 7) is 0.710. The van der Waals surface area contributed by atoms with Crippen molar-refractivity contribution in [2.24, 2.45) is 0 Å². The molecule has 0 radical (unpaired) electrons. The molecule has 1 saturated heterocycles. The van der Waals surface area contributed by atoms with Gasteiger partial charge in [0.15, 0.2) is 5.58 Å². The van der Waals surface area contributed by atoms with Crippen LogP contribution in [0.2, 0.25) is 0 Å². The summed E-state index contributed by atoms with van der Waals surface area (Å²) in [5.74, 6) is 0.631. The summed E-state index contributed by atoms with van der Waals surface area (Å²) in [6.07, 6.45) is 1.79. The molecule has 0 bridgehead atoms. The molecule has 1 aliphatic heterocycles. The number of fused-ring (bicyclic) bond motifs is 1. The first-order chi connectivity index (χ1) is 15.5. The third-order valence-corrected chi connectivity index (χ3v) is 6.54. The van der Waals surface area contributed by atoms with Gasteiger partial charge in [0, 0.05) is 36.4 Å². The number of nitrogens with zero attached hydrogens (tertiary/aromatic N) is 3. The highest BCUT2D eigenvalue weighted by Gasteiger charge is 2.34. The lowest BCUT2D eigenvalue weighted by molar-refractivity contribution is 0.0717. The number of anilines is 1. The van der Waals surface area contributed by atoms with E-state index in [-0.39, 0.29) is 11.9 Å². The van der Waals surface area contributed by atoms with Gasteiger partial charge in [0.2, 0.25) is 5.89 Å². The number of carbonyl (C=O) groups is 1. The zero-order chi connectivity index (χ0) is 22.2. The van der Waals surface area contributed by atoms with Gasteiger partial charge in [-0.2, -0.15) is 0 Å². The molecule has 0 saturated carbocycles. The Bertz CT molecular complexity index is 1260. The molecule has 1 atom stereocenters. The molecule has 1 amide bonds. The number of aromatic nitrogens is 1. The number of carbonyl (C=O) groups excluding carboxylic acids is 1. The number of rotatable bonds is 4. The van der Waals surface area contributed by atoms with Gasteiger partial charge in [-0.25, -0.2) is 4.98 Å². The van der Waals surface area contributed by atoms with Gasteiger partial charge in [-0.3, -0.25) is 4.79 Å². The number of likely N-dealkylation sites (tertiary alicyclic amines) is 1. The first-order valence-corrected chi connectivity index (χ1v) is 11.5. The number of amides is 1. The Labute approximate surface area is 195 Å². The topological polar surface area (TPSA) is 49.6 Å². The number of hydrogen-bond donors (Lipinski definition) is 0. The van der Waals surface area contributed by atoms with Crippen molar-refractivity contribution in [3.63, 3.8) is 0 Å². The molecule has 1 unspecified atom stereocenters. The van der Waals surface area contributed by atoms with Crippen molar-refractivity contribution in [2.75, 3.05) is 25.5 Å². The van der Waals surface area contributed by atoms with Crippen LogP contribution in [0.4, 0.5) is 5.69 Å². The molecule has 2 heterocycles. The first-order valence-electron chi connectivity index (χ1n) is 10.7. The molecule has 0 spiro atoms. The largest absolute Gasteiger partial charge is 0.438 e. The molecule has 0 aliphatic carbocycles. The van der Waals surface area contributed by atoms with E-state index >= 15 is 0 Å². The van der Waals surface area contributed by atoms with E-state index in [1.807, 2.05) is 49.3 Å². The summed E-state index contributed by atoms with van der Waals surface area (Å²) in [6, 6.07) is 21.9. The first kappa shape index (κ1) is 20.8. The molecular weight excluding hydrogens is 466 g/mol. The van der Waals surface area contributed by atoms with Crippen molar-refractivity contribution in [2.45, 2.75) is 18.9 Å². The highest BCUT2D eigenvalue weighted by molar-refractivity contribution is 9.10. The van der Waals surface area contributed by atoms with Gasteiger partial charge in [0.05, 0.1) is 0 Å². The number of halogens is 1. The van der Waals surface area contributed by atoms with Crippen LogP contribution in [0.15, 0.2) is 75.6 Å². The highest BCUT2D eigenvalue weighted by atomic mass is 79.9. The standard InChI is InChI=1S/C26H24BrN3O2/c1-29(2)21-12-7-17(8-13-21)19-9-14-24-22(16-19)28-25(32-24)23-4-3-15-30(23)26(31)18-5-10-20(27)11-6-18/h5-14,16,23H,3-4,15H2,1-2H3. The Hall–Kier alpha value is -3.12. The quantitative estimate of drug-likeness (QED) is 0.337. The van der Waals surface area contributed by atoms with Gasteiger partial charge in [-0.05, 0) is 72.5 Å².